The first-order valence-corrected chi connectivity index (χ1v) is 17.5. The van der Waals surface area contributed by atoms with E-state index in [2.05, 4.69) is 38.3 Å². The van der Waals surface area contributed by atoms with Crippen molar-refractivity contribution in [3.05, 3.63) is 46.2 Å². The molecule has 1 aliphatic carbocycles. The molecule has 6 rings (SSSR count). The Morgan fingerprint density at radius 3 is 2.60 bits per heavy atom. The minimum atomic E-state index is -3.34. The van der Waals surface area contributed by atoms with Crippen molar-refractivity contribution in [3.8, 4) is 5.75 Å². The molecule has 2 aromatic heterocycles. The number of aryl methyl sites for hydroxylation is 1. The van der Waals surface area contributed by atoms with Crippen molar-refractivity contribution < 1.29 is 32.3 Å². The van der Waals surface area contributed by atoms with E-state index in [1.54, 1.807) is 29.2 Å². The second-order valence-electron chi connectivity index (χ2n) is 13.2. The highest BCUT2D eigenvalue weighted by atomic mass is 79.9. The van der Waals surface area contributed by atoms with Crippen LogP contribution in [0.25, 0.3) is 10.9 Å². The van der Waals surface area contributed by atoms with Gasteiger partial charge in [0.1, 0.15) is 41.1 Å². The number of rotatable bonds is 11. The maximum Gasteiger partial charge on any atom is 0.248 e. The molecule has 4 heterocycles. The maximum absolute atomic E-state index is 13.8. The van der Waals surface area contributed by atoms with Crippen molar-refractivity contribution >= 4 is 60.1 Å². The first-order chi connectivity index (χ1) is 21.2. The normalized spacial score (nSPS) is 23.4. The van der Waals surface area contributed by atoms with Crippen molar-refractivity contribution in [2.24, 2.45) is 10.8 Å². The molecule has 0 unspecified atom stereocenters. The van der Waals surface area contributed by atoms with Crippen molar-refractivity contribution in [2.75, 3.05) is 36.6 Å². The lowest BCUT2D eigenvalue weighted by atomic mass is 9.92. The number of carbonyl (C=O) groups is 3. The molecule has 0 radical (unpaired) electrons. The fraction of sp³-hybridized carbons (Fsp3) is 0.516. The van der Waals surface area contributed by atoms with Gasteiger partial charge in [-0.05, 0) is 70.9 Å². The minimum Gasteiger partial charge on any atom is -0.493 e. The molecule has 2 amide bonds. The van der Waals surface area contributed by atoms with E-state index >= 15 is 0 Å². The highest BCUT2D eigenvalue weighted by Gasteiger charge is 2.64. The summed E-state index contributed by atoms with van der Waals surface area (Å²) in [7, 11) is -3.34. The second-order valence-corrected chi connectivity index (χ2v) is 16.2. The highest BCUT2D eigenvalue weighted by Crippen LogP contribution is 2.59. The number of nitrogens with zero attached hydrogens (tertiary/aromatic N) is 4. The maximum atomic E-state index is 13.8. The van der Waals surface area contributed by atoms with Gasteiger partial charge in [0.2, 0.25) is 11.8 Å². The zero-order chi connectivity index (χ0) is 32.3. The van der Waals surface area contributed by atoms with Crippen LogP contribution in [0.1, 0.15) is 49.7 Å². The summed E-state index contributed by atoms with van der Waals surface area (Å²) < 4.78 is 38.2. The lowest BCUT2D eigenvalue weighted by Crippen LogP contribution is -2.47. The summed E-state index contributed by atoms with van der Waals surface area (Å²) in [6.07, 6.45) is 1.36. The quantitative estimate of drug-likeness (QED) is 0.234. The molecule has 12 nitrogen and oxygen atoms in total. The van der Waals surface area contributed by atoms with Crippen LogP contribution in [-0.4, -0.2) is 89.1 Å². The van der Waals surface area contributed by atoms with Gasteiger partial charge < -0.3 is 19.7 Å². The fourth-order valence-electron chi connectivity index (χ4n) is 6.45. The number of hydrogen-bond acceptors (Lipinski definition) is 9. The smallest absolute Gasteiger partial charge is 0.248 e. The molecule has 3 fully saturated rings. The summed E-state index contributed by atoms with van der Waals surface area (Å²) in [5, 5.41) is 7.87. The van der Waals surface area contributed by atoms with Gasteiger partial charge in [0.15, 0.2) is 15.6 Å². The molecule has 45 heavy (non-hydrogen) atoms. The third kappa shape index (κ3) is 6.36. The van der Waals surface area contributed by atoms with Crippen LogP contribution in [0.2, 0.25) is 0 Å². The van der Waals surface area contributed by atoms with Crippen LogP contribution in [0.15, 0.2) is 34.9 Å². The third-order valence-corrected chi connectivity index (χ3v) is 11.4. The van der Waals surface area contributed by atoms with E-state index in [0.29, 0.717) is 46.7 Å². The van der Waals surface area contributed by atoms with Gasteiger partial charge in [0, 0.05) is 23.8 Å². The van der Waals surface area contributed by atoms with E-state index in [1.165, 1.54) is 11.6 Å². The summed E-state index contributed by atoms with van der Waals surface area (Å²) >= 11 is 3.34. The number of carbonyl (C=O) groups excluding carboxylic acids is 3. The number of piperidine rings is 1. The van der Waals surface area contributed by atoms with Crippen LogP contribution in [0, 0.1) is 17.8 Å². The van der Waals surface area contributed by atoms with Crippen LogP contribution in [-0.2, 0) is 30.7 Å². The highest BCUT2D eigenvalue weighted by molar-refractivity contribution is 9.10. The fourth-order valence-corrected chi connectivity index (χ4v) is 8.47. The number of fused-ring (bicyclic) bond motifs is 2. The number of nitrogens with one attached hydrogen (secondary N) is 1. The topological polar surface area (TPSA) is 150 Å². The van der Waals surface area contributed by atoms with Gasteiger partial charge in [-0.2, -0.15) is 5.10 Å². The van der Waals surface area contributed by atoms with Crippen LogP contribution in [0.5, 0.6) is 5.75 Å². The Morgan fingerprint density at radius 2 is 1.91 bits per heavy atom. The number of ketones is 1. The first kappa shape index (κ1) is 31.6. The Hall–Kier alpha value is -3.36. The zero-order valence-corrected chi connectivity index (χ0v) is 28.0. The first-order valence-electron chi connectivity index (χ1n) is 14.8. The van der Waals surface area contributed by atoms with Crippen LogP contribution in [0.4, 0.5) is 5.82 Å². The monoisotopic (exact) mass is 701 g/mol. The van der Waals surface area contributed by atoms with Gasteiger partial charge in [0.25, 0.3) is 0 Å². The van der Waals surface area contributed by atoms with E-state index in [4.69, 9.17) is 9.47 Å². The molecule has 2 aliphatic heterocycles. The Kier molecular flexibility index (Phi) is 8.05. The van der Waals surface area contributed by atoms with Gasteiger partial charge in [-0.1, -0.05) is 19.9 Å². The van der Waals surface area contributed by atoms with Gasteiger partial charge in [-0.15, -0.1) is 0 Å². The number of halogens is 1. The summed E-state index contributed by atoms with van der Waals surface area (Å²) in [5.41, 5.74) is 1.06. The Balaban J connectivity index is 1.17. The number of amides is 2. The number of anilines is 1. The number of sulfone groups is 1. The van der Waals surface area contributed by atoms with Crippen molar-refractivity contribution in [1.82, 2.24) is 19.7 Å². The van der Waals surface area contributed by atoms with Gasteiger partial charge in [-0.3, -0.25) is 19.1 Å². The largest absolute Gasteiger partial charge is 0.493 e. The molecular formula is C31H36BrN5O7S. The summed E-state index contributed by atoms with van der Waals surface area (Å²) in [6.45, 7) is 7.88. The molecule has 1 aromatic carbocycles. The SMILES string of the molecule is CC(=O)c1nn(CC(=O)N2[C@H](C(=O)Nc3nc(Br)ccc3C)C[C@@]3(C)C[C@@H]23)c2ccc(OCCS(=O)(=O)CC3(C)COC3)cc12. The van der Waals surface area contributed by atoms with E-state index in [-0.39, 0.29) is 64.8 Å². The van der Waals surface area contributed by atoms with Crippen LogP contribution in [0.3, 0.4) is 0 Å². The van der Waals surface area contributed by atoms with Crippen molar-refractivity contribution in [2.45, 2.75) is 59.2 Å². The zero-order valence-electron chi connectivity index (χ0n) is 25.6. The van der Waals surface area contributed by atoms with Gasteiger partial charge >= 0.3 is 0 Å². The Bertz CT molecular complexity index is 1820. The van der Waals surface area contributed by atoms with E-state index in [0.717, 1.165) is 12.0 Å². The number of ether oxygens (including phenoxy) is 2. The molecule has 1 saturated carbocycles. The lowest BCUT2D eigenvalue weighted by Gasteiger charge is -2.37. The van der Waals surface area contributed by atoms with Crippen LogP contribution < -0.4 is 10.1 Å². The average molecular weight is 703 g/mol. The molecule has 3 aromatic rings. The van der Waals surface area contributed by atoms with Gasteiger partial charge in [0.05, 0.1) is 30.2 Å². The molecule has 3 atom stereocenters. The predicted octanol–water partition coefficient (Wildman–Crippen LogP) is 3.55. The van der Waals surface area contributed by atoms with E-state index < -0.39 is 15.9 Å². The molecule has 2 saturated heterocycles. The lowest BCUT2D eigenvalue weighted by molar-refractivity contribution is -0.138. The van der Waals surface area contributed by atoms with E-state index in [1.807, 2.05) is 19.9 Å². The second kappa shape index (κ2) is 11.5. The Labute approximate surface area is 269 Å². The molecule has 14 heteroatoms. The van der Waals surface area contributed by atoms with E-state index in [9.17, 15) is 22.8 Å². The Morgan fingerprint density at radius 1 is 1.16 bits per heavy atom. The summed E-state index contributed by atoms with van der Waals surface area (Å²) in [5.74, 6) is -0.115. The van der Waals surface area contributed by atoms with Crippen molar-refractivity contribution in [1.29, 1.82) is 0 Å². The molecule has 1 N–H and O–H groups in total. The molecule has 240 valence electrons. The average Bonchev–Trinajstić information content (AvgIpc) is 3.31. The van der Waals surface area contributed by atoms with Crippen LogP contribution >= 0.6 is 15.9 Å². The number of likely N-dealkylation sites (tertiary alicyclic amines) is 1. The molecule has 0 spiro atoms. The third-order valence-electron chi connectivity index (χ3n) is 9.00. The molecule has 3 aliphatic rings. The van der Waals surface area contributed by atoms with Crippen molar-refractivity contribution in [3.63, 3.8) is 0 Å². The predicted molar refractivity (Wildman–Crippen MR) is 170 cm³/mol. The standard InChI is InChI=1S/C31H36BrN5O7S/c1-18-5-8-25(32)33-28(18)34-29(40)23-12-31(4)13-24(31)37(23)26(39)14-36-22-7-6-20(11-21(22)27(35-36)19(2)38)44-9-10-45(41,42)17-30(3)15-43-16-30/h5-8,11,23-24H,9-10,12-17H2,1-4H3,(H,33,34,40)/t23-,24+,31-/m0/s1. The number of aromatic nitrogens is 3. The minimum absolute atomic E-state index is 0.0395. The van der Waals surface area contributed by atoms with Gasteiger partial charge in [-0.25, -0.2) is 13.4 Å². The number of Topliss-reactive ketones (excluding diaryl/α,β-unsaturated/α-hetero) is 1. The number of benzene rings is 1. The molecule has 0 bridgehead atoms. The summed E-state index contributed by atoms with van der Waals surface area (Å²) in [4.78, 5) is 45.8. The number of hydrogen-bond donors (Lipinski definition) is 1. The number of pyridine rings is 1. The summed E-state index contributed by atoms with van der Waals surface area (Å²) in [6, 6.07) is 7.95. The molecular weight excluding hydrogens is 666 g/mol.